The molecule has 2 atom stereocenters. The van der Waals surface area contributed by atoms with Crippen LogP contribution in [0, 0.1) is 11.8 Å². The number of hydrogen-bond acceptors (Lipinski definition) is 2. The summed E-state index contributed by atoms with van der Waals surface area (Å²) in [6.45, 7) is 15.4. The van der Waals surface area contributed by atoms with Crippen molar-refractivity contribution in [1.82, 2.24) is 10.2 Å². The zero-order valence-electron chi connectivity index (χ0n) is 12.5. The number of nitrogens with zero attached hydrogens (tertiary/aromatic N) is 1. The van der Waals surface area contributed by atoms with E-state index < -0.39 is 0 Å². The van der Waals surface area contributed by atoms with Crippen molar-refractivity contribution < 1.29 is 0 Å². The van der Waals surface area contributed by atoms with Crippen LogP contribution in [0.4, 0.5) is 0 Å². The quantitative estimate of drug-likeness (QED) is 0.735. The van der Waals surface area contributed by atoms with E-state index >= 15 is 0 Å². The molecule has 17 heavy (non-hydrogen) atoms. The maximum absolute atomic E-state index is 3.61. The van der Waals surface area contributed by atoms with E-state index in [9.17, 15) is 0 Å². The van der Waals surface area contributed by atoms with Gasteiger partial charge in [-0.15, -0.1) is 0 Å². The van der Waals surface area contributed by atoms with Gasteiger partial charge in [0.25, 0.3) is 0 Å². The Kier molecular flexibility index (Phi) is 6.50. The van der Waals surface area contributed by atoms with Crippen LogP contribution in [-0.4, -0.2) is 36.6 Å². The summed E-state index contributed by atoms with van der Waals surface area (Å²) in [5.41, 5.74) is 0. The standard InChI is InChI=1S/C15H32N2/c1-12(2)9-14(5)10-17(13(3)4)11-15-7-6-8-16-15/h12-16H,6-11H2,1-5H3. The molecule has 1 saturated heterocycles. The van der Waals surface area contributed by atoms with Gasteiger partial charge in [-0.05, 0) is 51.5 Å². The average molecular weight is 240 g/mol. The molecule has 1 rings (SSSR count). The molecule has 1 N–H and O–H groups in total. The smallest absolute Gasteiger partial charge is 0.0195 e. The van der Waals surface area contributed by atoms with Gasteiger partial charge in [0.05, 0.1) is 0 Å². The van der Waals surface area contributed by atoms with E-state index in [2.05, 4.69) is 44.8 Å². The van der Waals surface area contributed by atoms with Crippen LogP contribution in [-0.2, 0) is 0 Å². The lowest BCUT2D eigenvalue weighted by Crippen LogP contribution is -2.43. The van der Waals surface area contributed by atoms with Gasteiger partial charge in [-0.3, -0.25) is 4.90 Å². The van der Waals surface area contributed by atoms with Gasteiger partial charge in [0.15, 0.2) is 0 Å². The molecule has 1 aliphatic heterocycles. The molecule has 0 amide bonds. The molecular weight excluding hydrogens is 208 g/mol. The zero-order chi connectivity index (χ0) is 12.8. The van der Waals surface area contributed by atoms with Crippen molar-refractivity contribution in [2.24, 2.45) is 11.8 Å². The first kappa shape index (κ1) is 15.0. The van der Waals surface area contributed by atoms with Crippen molar-refractivity contribution in [2.45, 2.75) is 66.0 Å². The molecule has 1 fully saturated rings. The lowest BCUT2D eigenvalue weighted by Gasteiger charge is -2.32. The molecule has 0 bridgehead atoms. The molecule has 0 aromatic carbocycles. The number of hydrogen-bond donors (Lipinski definition) is 1. The van der Waals surface area contributed by atoms with Crippen molar-refractivity contribution in [1.29, 1.82) is 0 Å². The Hall–Kier alpha value is -0.0800. The van der Waals surface area contributed by atoms with E-state index in [0.29, 0.717) is 6.04 Å². The summed E-state index contributed by atoms with van der Waals surface area (Å²) in [6, 6.07) is 1.41. The van der Waals surface area contributed by atoms with Crippen LogP contribution >= 0.6 is 0 Å². The minimum atomic E-state index is 0.673. The van der Waals surface area contributed by atoms with E-state index in [1.165, 1.54) is 38.9 Å². The Morgan fingerprint density at radius 3 is 2.35 bits per heavy atom. The van der Waals surface area contributed by atoms with Crippen LogP contribution < -0.4 is 5.32 Å². The van der Waals surface area contributed by atoms with E-state index in [1.807, 2.05) is 0 Å². The summed E-state index contributed by atoms with van der Waals surface area (Å²) in [5.74, 6) is 1.64. The van der Waals surface area contributed by atoms with Crippen LogP contribution in [0.2, 0.25) is 0 Å². The first-order chi connectivity index (χ1) is 7.99. The third kappa shape index (κ3) is 5.87. The molecule has 0 aliphatic carbocycles. The predicted octanol–water partition coefficient (Wildman–Crippen LogP) is 3.13. The van der Waals surface area contributed by atoms with Gasteiger partial charge in [0, 0.05) is 25.2 Å². The second-order valence-electron chi connectivity index (χ2n) is 6.58. The summed E-state index contributed by atoms with van der Waals surface area (Å²) in [4.78, 5) is 2.66. The van der Waals surface area contributed by atoms with Crippen LogP contribution in [0.3, 0.4) is 0 Å². The highest BCUT2D eigenvalue weighted by Gasteiger charge is 2.21. The third-order valence-corrected chi connectivity index (χ3v) is 3.77. The van der Waals surface area contributed by atoms with Gasteiger partial charge in [-0.2, -0.15) is 0 Å². The average Bonchev–Trinajstić information content (AvgIpc) is 2.67. The Labute approximate surface area is 108 Å². The number of nitrogens with one attached hydrogen (secondary N) is 1. The van der Waals surface area contributed by atoms with Crippen molar-refractivity contribution in [2.75, 3.05) is 19.6 Å². The number of rotatable bonds is 7. The van der Waals surface area contributed by atoms with Crippen LogP contribution in [0.1, 0.15) is 53.9 Å². The highest BCUT2D eigenvalue weighted by Crippen LogP contribution is 2.16. The molecule has 0 spiro atoms. The summed E-state index contributed by atoms with van der Waals surface area (Å²) < 4.78 is 0. The molecule has 0 aromatic rings. The zero-order valence-corrected chi connectivity index (χ0v) is 12.5. The maximum Gasteiger partial charge on any atom is 0.0195 e. The van der Waals surface area contributed by atoms with Gasteiger partial charge < -0.3 is 5.32 Å². The Morgan fingerprint density at radius 2 is 1.88 bits per heavy atom. The highest BCUT2D eigenvalue weighted by atomic mass is 15.2. The normalized spacial score (nSPS) is 22.9. The summed E-state index contributed by atoms with van der Waals surface area (Å²) in [6.07, 6.45) is 4.07. The molecule has 2 unspecified atom stereocenters. The molecule has 102 valence electrons. The van der Waals surface area contributed by atoms with E-state index in [0.717, 1.165) is 17.9 Å². The molecular formula is C15H32N2. The van der Waals surface area contributed by atoms with Gasteiger partial charge in [0.2, 0.25) is 0 Å². The fourth-order valence-corrected chi connectivity index (χ4v) is 2.97. The van der Waals surface area contributed by atoms with Crippen LogP contribution in [0.25, 0.3) is 0 Å². The molecule has 2 nitrogen and oxygen atoms in total. The van der Waals surface area contributed by atoms with Gasteiger partial charge in [-0.1, -0.05) is 20.8 Å². The second kappa shape index (κ2) is 7.38. The third-order valence-electron chi connectivity index (χ3n) is 3.77. The van der Waals surface area contributed by atoms with Crippen LogP contribution in [0.15, 0.2) is 0 Å². The fraction of sp³-hybridized carbons (Fsp3) is 1.00. The predicted molar refractivity (Wildman–Crippen MR) is 76.4 cm³/mol. The Bertz CT molecular complexity index is 195. The first-order valence-corrected chi connectivity index (χ1v) is 7.46. The summed E-state index contributed by atoms with van der Waals surface area (Å²) in [7, 11) is 0. The summed E-state index contributed by atoms with van der Waals surface area (Å²) in [5, 5.41) is 3.61. The molecule has 1 heterocycles. The van der Waals surface area contributed by atoms with E-state index in [4.69, 9.17) is 0 Å². The minimum absolute atomic E-state index is 0.673. The van der Waals surface area contributed by atoms with E-state index in [-0.39, 0.29) is 0 Å². The largest absolute Gasteiger partial charge is 0.313 e. The molecule has 0 aromatic heterocycles. The lowest BCUT2D eigenvalue weighted by atomic mass is 9.97. The van der Waals surface area contributed by atoms with Gasteiger partial charge in [0.1, 0.15) is 0 Å². The van der Waals surface area contributed by atoms with Crippen molar-refractivity contribution in [3.05, 3.63) is 0 Å². The van der Waals surface area contributed by atoms with Crippen molar-refractivity contribution in [3.8, 4) is 0 Å². The Balaban J connectivity index is 2.36. The SMILES string of the molecule is CC(C)CC(C)CN(CC1CCCN1)C(C)C. The highest BCUT2D eigenvalue weighted by molar-refractivity contribution is 4.80. The maximum atomic E-state index is 3.61. The van der Waals surface area contributed by atoms with Crippen molar-refractivity contribution >= 4 is 0 Å². The molecule has 2 heteroatoms. The minimum Gasteiger partial charge on any atom is -0.313 e. The van der Waals surface area contributed by atoms with Gasteiger partial charge >= 0.3 is 0 Å². The fourth-order valence-electron chi connectivity index (χ4n) is 2.97. The Morgan fingerprint density at radius 1 is 1.18 bits per heavy atom. The monoisotopic (exact) mass is 240 g/mol. The topological polar surface area (TPSA) is 15.3 Å². The first-order valence-electron chi connectivity index (χ1n) is 7.46. The summed E-state index contributed by atoms with van der Waals surface area (Å²) >= 11 is 0. The second-order valence-corrected chi connectivity index (χ2v) is 6.58. The van der Waals surface area contributed by atoms with Crippen LogP contribution in [0.5, 0.6) is 0 Å². The van der Waals surface area contributed by atoms with Gasteiger partial charge in [-0.25, -0.2) is 0 Å². The lowest BCUT2D eigenvalue weighted by molar-refractivity contribution is 0.168. The molecule has 1 aliphatic rings. The molecule has 0 saturated carbocycles. The van der Waals surface area contributed by atoms with E-state index in [1.54, 1.807) is 0 Å². The molecule has 0 radical (unpaired) electrons. The van der Waals surface area contributed by atoms with Crippen molar-refractivity contribution in [3.63, 3.8) is 0 Å².